The molecule has 4 heterocycles. The van der Waals surface area contributed by atoms with Crippen LogP contribution in [0.2, 0.25) is 0 Å². The number of hydrogen-bond donors (Lipinski definition) is 1. The van der Waals surface area contributed by atoms with Crippen molar-refractivity contribution in [2.75, 3.05) is 24.6 Å². The number of aliphatic hydroxyl groups is 1. The first kappa shape index (κ1) is 13.3. The summed E-state index contributed by atoms with van der Waals surface area (Å²) in [6.45, 7) is 4.18. The lowest BCUT2D eigenvalue weighted by Crippen LogP contribution is -2.37. The van der Waals surface area contributed by atoms with Crippen LogP contribution in [0.15, 0.2) is 0 Å². The second-order valence-corrected chi connectivity index (χ2v) is 7.48. The molecule has 0 amide bonds. The van der Waals surface area contributed by atoms with Crippen LogP contribution in [0.1, 0.15) is 36.2 Å². The van der Waals surface area contributed by atoms with Crippen molar-refractivity contribution in [2.24, 2.45) is 11.8 Å². The maximum Gasteiger partial charge on any atom is 0.225 e. The normalized spacial score (nSPS) is 38.6. The summed E-state index contributed by atoms with van der Waals surface area (Å²) in [5.74, 6) is 1.62. The molecule has 1 aromatic heterocycles. The zero-order valence-corrected chi connectivity index (χ0v) is 13.1. The molecule has 3 fully saturated rings. The van der Waals surface area contributed by atoms with Crippen molar-refractivity contribution in [3.05, 3.63) is 17.0 Å². The van der Waals surface area contributed by atoms with Crippen LogP contribution in [0, 0.1) is 18.8 Å². The Labute approximate surface area is 130 Å². The predicted octanol–water partition coefficient (Wildman–Crippen LogP) is 1.25. The van der Waals surface area contributed by atoms with Crippen LogP contribution in [-0.2, 0) is 17.6 Å². The average Bonchev–Trinajstić information content (AvgIpc) is 3.24. The summed E-state index contributed by atoms with van der Waals surface area (Å²) in [6.07, 6.45) is 5.92. The summed E-state index contributed by atoms with van der Waals surface area (Å²) in [5, 5.41) is 9.73. The minimum Gasteiger partial charge on any atom is -0.396 e. The number of aryl methyl sites for hydroxylation is 2. The fourth-order valence-electron chi connectivity index (χ4n) is 5.33. The van der Waals surface area contributed by atoms with E-state index in [4.69, 9.17) is 14.7 Å². The van der Waals surface area contributed by atoms with Crippen molar-refractivity contribution in [2.45, 2.75) is 50.7 Å². The molecule has 5 heteroatoms. The van der Waals surface area contributed by atoms with Crippen molar-refractivity contribution in [1.29, 1.82) is 0 Å². The van der Waals surface area contributed by atoms with Gasteiger partial charge in [-0.3, -0.25) is 0 Å². The molecule has 0 aromatic carbocycles. The Bertz CT molecular complexity index is 635. The summed E-state index contributed by atoms with van der Waals surface area (Å²) in [5.41, 5.74) is 3.72. The minimum atomic E-state index is -0.0473. The molecule has 1 N–H and O–H groups in total. The molecule has 22 heavy (non-hydrogen) atoms. The van der Waals surface area contributed by atoms with Gasteiger partial charge in [-0.25, -0.2) is 9.97 Å². The third-order valence-electron chi connectivity index (χ3n) is 6.41. The van der Waals surface area contributed by atoms with Gasteiger partial charge in [0.2, 0.25) is 5.95 Å². The molecule has 1 aromatic rings. The van der Waals surface area contributed by atoms with Gasteiger partial charge >= 0.3 is 0 Å². The monoisotopic (exact) mass is 301 g/mol. The Balaban J connectivity index is 1.48. The minimum absolute atomic E-state index is 0.0473. The fraction of sp³-hybridized carbons (Fsp3) is 0.765. The van der Waals surface area contributed by atoms with Crippen LogP contribution in [0.4, 0.5) is 5.95 Å². The van der Waals surface area contributed by atoms with Crippen LogP contribution >= 0.6 is 0 Å². The van der Waals surface area contributed by atoms with Crippen molar-refractivity contribution in [1.82, 2.24) is 9.97 Å². The first-order valence-electron chi connectivity index (χ1n) is 8.60. The molecule has 4 aliphatic rings. The topological polar surface area (TPSA) is 58.5 Å². The lowest BCUT2D eigenvalue weighted by Gasteiger charge is -2.27. The van der Waals surface area contributed by atoms with E-state index in [1.165, 1.54) is 17.7 Å². The van der Waals surface area contributed by atoms with Crippen molar-refractivity contribution >= 4 is 5.95 Å². The number of nitrogens with zero attached hydrogens (tertiary/aromatic N) is 3. The molecule has 118 valence electrons. The van der Waals surface area contributed by atoms with Gasteiger partial charge in [-0.1, -0.05) is 0 Å². The third kappa shape index (κ3) is 1.61. The van der Waals surface area contributed by atoms with E-state index in [1.807, 2.05) is 0 Å². The highest BCUT2D eigenvalue weighted by molar-refractivity contribution is 5.42. The Morgan fingerprint density at radius 2 is 2.27 bits per heavy atom. The quantitative estimate of drug-likeness (QED) is 0.891. The Morgan fingerprint density at radius 1 is 1.36 bits per heavy atom. The molecule has 1 spiro atoms. The summed E-state index contributed by atoms with van der Waals surface area (Å²) in [4.78, 5) is 11.9. The lowest BCUT2D eigenvalue weighted by atomic mass is 9.74. The number of ether oxygens (including phenoxy) is 1. The van der Waals surface area contributed by atoms with Crippen molar-refractivity contribution in [3.63, 3.8) is 0 Å². The molecule has 4 atom stereocenters. The van der Waals surface area contributed by atoms with Gasteiger partial charge in [-0.2, -0.15) is 0 Å². The summed E-state index contributed by atoms with van der Waals surface area (Å²) < 4.78 is 6.30. The molecule has 5 nitrogen and oxygen atoms in total. The zero-order valence-electron chi connectivity index (χ0n) is 13.1. The molecule has 5 rings (SSSR count). The van der Waals surface area contributed by atoms with E-state index in [1.54, 1.807) is 0 Å². The van der Waals surface area contributed by atoms with Gasteiger partial charge in [0.05, 0.1) is 18.2 Å². The number of rotatable bonds is 2. The van der Waals surface area contributed by atoms with Gasteiger partial charge in [0, 0.05) is 36.4 Å². The summed E-state index contributed by atoms with van der Waals surface area (Å²) in [6, 6.07) is 0. The molecule has 3 saturated heterocycles. The van der Waals surface area contributed by atoms with E-state index in [-0.39, 0.29) is 18.3 Å². The number of hydrogen-bond acceptors (Lipinski definition) is 5. The SMILES string of the molecule is Cc1nc(N2C[C@H]3[C@@H](CO)[C@@H]4CC[C@@]3(C2)O4)nc2c1CCC2. The highest BCUT2D eigenvalue weighted by Crippen LogP contribution is 2.55. The van der Waals surface area contributed by atoms with Gasteiger partial charge in [-0.15, -0.1) is 0 Å². The third-order valence-corrected chi connectivity index (χ3v) is 6.41. The fourth-order valence-corrected chi connectivity index (χ4v) is 5.33. The van der Waals surface area contributed by atoms with E-state index in [2.05, 4.69) is 11.8 Å². The number of aromatic nitrogens is 2. The van der Waals surface area contributed by atoms with Crippen LogP contribution in [0.25, 0.3) is 0 Å². The highest BCUT2D eigenvalue weighted by Gasteiger charge is 2.63. The standard InChI is InChI=1S/C17H23N3O2/c1-10-11-3-2-4-14(11)19-16(18-10)20-7-13-12(8-21)15-5-6-17(13,9-20)22-15/h12-13,15,21H,2-9H2,1H3/t12-,13+,15+,17+/m1/s1. The molecular formula is C17H23N3O2. The van der Waals surface area contributed by atoms with Crippen LogP contribution in [-0.4, -0.2) is 46.5 Å². The van der Waals surface area contributed by atoms with Crippen LogP contribution in [0.5, 0.6) is 0 Å². The summed E-state index contributed by atoms with van der Waals surface area (Å²) >= 11 is 0. The van der Waals surface area contributed by atoms with E-state index < -0.39 is 0 Å². The molecule has 0 radical (unpaired) electrons. The first-order valence-corrected chi connectivity index (χ1v) is 8.60. The van der Waals surface area contributed by atoms with Crippen LogP contribution < -0.4 is 4.90 Å². The van der Waals surface area contributed by atoms with Crippen molar-refractivity contribution in [3.8, 4) is 0 Å². The smallest absolute Gasteiger partial charge is 0.225 e. The average molecular weight is 301 g/mol. The van der Waals surface area contributed by atoms with Gasteiger partial charge in [0.1, 0.15) is 0 Å². The van der Waals surface area contributed by atoms with Crippen molar-refractivity contribution < 1.29 is 9.84 Å². The maximum absolute atomic E-state index is 9.73. The number of aliphatic hydroxyl groups excluding tert-OH is 1. The Kier molecular flexibility index (Phi) is 2.66. The predicted molar refractivity (Wildman–Crippen MR) is 81.9 cm³/mol. The molecular weight excluding hydrogens is 278 g/mol. The van der Waals surface area contributed by atoms with E-state index >= 15 is 0 Å². The maximum atomic E-state index is 9.73. The molecule has 2 bridgehead atoms. The molecule has 0 unspecified atom stereocenters. The Hall–Kier alpha value is -1.20. The van der Waals surface area contributed by atoms with Gasteiger partial charge < -0.3 is 14.7 Å². The highest BCUT2D eigenvalue weighted by atomic mass is 16.5. The molecule has 3 aliphatic heterocycles. The largest absolute Gasteiger partial charge is 0.396 e. The summed E-state index contributed by atoms with van der Waals surface area (Å²) in [7, 11) is 0. The van der Waals surface area contributed by atoms with Gasteiger partial charge in [0.15, 0.2) is 0 Å². The number of fused-ring (bicyclic) bond motifs is 2. The van der Waals surface area contributed by atoms with E-state index in [0.29, 0.717) is 11.8 Å². The first-order chi connectivity index (χ1) is 10.7. The second kappa shape index (κ2) is 4.42. The lowest BCUT2D eigenvalue weighted by molar-refractivity contribution is 0.0128. The van der Waals surface area contributed by atoms with E-state index in [0.717, 1.165) is 50.4 Å². The van der Waals surface area contributed by atoms with Crippen LogP contribution in [0.3, 0.4) is 0 Å². The molecule has 1 aliphatic carbocycles. The van der Waals surface area contributed by atoms with Gasteiger partial charge in [0.25, 0.3) is 0 Å². The second-order valence-electron chi connectivity index (χ2n) is 7.48. The Morgan fingerprint density at radius 3 is 3.14 bits per heavy atom. The number of anilines is 1. The van der Waals surface area contributed by atoms with E-state index in [9.17, 15) is 5.11 Å². The van der Waals surface area contributed by atoms with Gasteiger partial charge in [-0.05, 0) is 44.6 Å². The zero-order chi connectivity index (χ0) is 14.9. The molecule has 0 saturated carbocycles.